The fourth-order valence-electron chi connectivity index (χ4n) is 2.61. The van der Waals surface area contributed by atoms with Crippen molar-refractivity contribution in [1.82, 2.24) is 0 Å². The van der Waals surface area contributed by atoms with E-state index in [-0.39, 0.29) is 11.9 Å². The standard InChI is InChI=1S/C21H38O3/c1-4-6-7-8-9-10-11-12-13-14-15-16-17-18-20(22)24-21(23)19(3)5-2/h5,23H,2,4,6-18H2,1,3H3/b21-19-. The summed E-state index contributed by atoms with van der Waals surface area (Å²) in [6.07, 6.45) is 18.5. The summed E-state index contributed by atoms with van der Waals surface area (Å²) in [4.78, 5) is 11.5. The number of unbranched alkanes of at least 4 members (excludes halogenated alkanes) is 12. The van der Waals surface area contributed by atoms with Crippen molar-refractivity contribution in [2.24, 2.45) is 0 Å². The third-order valence-corrected chi connectivity index (χ3v) is 4.34. The number of allylic oxidation sites excluding steroid dienone is 2. The number of aliphatic hydroxyl groups is 1. The van der Waals surface area contributed by atoms with E-state index in [0.29, 0.717) is 12.0 Å². The van der Waals surface area contributed by atoms with Crippen molar-refractivity contribution in [2.75, 3.05) is 0 Å². The minimum Gasteiger partial charge on any atom is -0.480 e. The molecular weight excluding hydrogens is 300 g/mol. The molecule has 0 atom stereocenters. The van der Waals surface area contributed by atoms with E-state index in [1.807, 2.05) is 0 Å². The van der Waals surface area contributed by atoms with Gasteiger partial charge in [0.25, 0.3) is 5.95 Å². The maximum Gasteiger partial charge on any atom is 0.313 e. The summed E-state index contributed by atoms with van der Waals surface area (Å²) in [5, 5.41) is 9.46. The van der Waals surface area contributed by atoms with E-state index >= 15 is 0 Å². The van der Waals surface area contributed by atoms with Gasteiger partial charge in [-0.25, -0.2) is 0 Å². The molecule has 3 nitrogen and oxygen atoms in total. The molecule has 0 fully saturated rings. The number of hydrogen-bond donors (Lipinski definition) is 1. The van der Waals surface area contributed by atoms with E-state index in [4.69, 9.17) is 4.74 Å². The number of carbonyl (C=O) groups excluding carboxylic acids is 1. The summed E-state index contributed by atoms with van der Waals surface area (Å²) in [7, 11) is 0. The van der Waals surface area contributed by atoms with Gasteiger partial charge < -0.3 is 9.84 Å². The maximum absolute atomic E-state index is 11.5. The molecule has 0 rings (SSSR count). The van der Waals surface area contributed by atoms with Gasteiger partial charge in [-0.2, -0.15) is 0 Å². The number of ether oxygens (including phenoxy) is 1. The number of carbonyl (C=O) groups is 1. The maximum atomic E-state index is 11.5. The van der Waals surface area contributed by atoms with E-state index in [2.05, 4.69) is 13.5 Å². The predicted molar refractivity (Wildman–Crippen MR) is 102 cm³/mol. The minimum atomic E-state index is -0.364. The van der Waals surface area contributed by atoms with Gasteiger partial charge >= 0.3 is 5.97 Å². The molecule has 0 heterocycles. The molecule has 140 valence electrons. The van der Waals surface area contributed by atoms with Crippen molar-refractivity contribution in [2.45, 2.75) is 104 Å². The summed E-state index contributed by atoms with van der Waals surface area (Å²) < 4.78 is 4.84. The number of esters is 1. The first-order valence-electron chi connectivity index (χ1n) is 9.84. The average Bonchev–Trinajstić information content (AvgIpc) is 2.58. The fourth-order valence-corrected chi connectivity index (χ4v) is 2.61. The van der Waals surface area contributed by atoms with E-state index in [1.54, 1.807) is 6.92 Å². The summed E-state index contributed by atoms with van der Waals surface area (Å²) in [5.74, 6) is -0.693. The van der Waals surface area contributed by atoms with Crippen molar-refractivity contribution in [3.8, 4) is 0 Å². The molecule has 24 heavy (non-hydrogen) atoms. The zero-order valence-electron chi connectivity index (χ0n) is 15.9. The van der Waals surface area contributed by atoms with Crippen LogP contribution < -0.4 is 0 Å². The van der Waals surface area contributed by atoms with Gasteiger partial charge in [-0.3, -0.25) is 4.79 Å². The smallest absolute Gasteiger partial charge is 0.313 e. The molecule has 1 N–H and O–H groups in total. The van der Waals surface area contributed by atoms with Crippen molar-refractivity contribution < 1.29 is 14.6 Å². The lowest BCUT2D eigenvalue weighted by Gasteiger charge is -2.05. The molecule has 0 saturated carbocycles. The first-order chi connectivity index (χ1) is 11.6. The van der Waals surface area contributed by atoms with Gasteiger partial charge in [-0.05, 0) is 13.3 Å². The van der Waals surface area contributed by atoms with Crippen LogP contribution in [0.1, 0.15) is 104 Å². The summed E-state index contributed by atoms with van der Waals surface area (Å²) in [6.45, 7) is 7.43. The molecule has 0 aromatic heterocycles. The Labute approximate surface area is 149 Å². The highest BCUT2D eigenvalue weighted by atomic mass is 16.6. The molecule has 3 heteroatoms. The minimum absolute atomic E-state index is 0.329. The molecule has 0 bridgehead atoms. The Kier molecular flexibility index (Phi) is 15.7. The van der Waals surface area contributed by atoms with E-state index in [1.165, 1.54) is 76.7 Å². The molecule has 0 aliphatic heterocycles. The monoisotopic (exact) mass is 338 g/mol. The predicted octanol–water partition coefficient (Wildman–Crippen LogP) is 6.99. The van der Waals surface area contributed by atoms with Gasteiger partial charge in [0.15, 0.2) is 0 Å². The van der Waals surface area contributed by atoms with E-state index < -0.39 is 0 Å². The Hall–Kier alpha value is -1.25. The van der Waals surface area contributed by atoms with Crippen LogP contribution in [0.5, 0.6) is 0 Å². The normalized spacial score (nSPS) is 11.9. The third-order valence-electron chi connectivity index (χ3n) is 4.34. The zero-order valence-corrected chi connectivity index (χ0v) is 15.9. The van der Waals surface area contributed by atoms with Crippen LogP contribution in [-0.2, 0) is 9.53 Å². The van der Waals surface area contributed by atoms with Crippen molar-refractivity contribution in [3.05, 3.63) is 24.2 Å². The highest BCUT2D eigenvalue weighted by Crippen LogP contribution is 2.13. The summed E-state index contributed by atoms with van der Waals surface area (Å²) in [6, 6.07) is 0. The Balaban J connectivity index is 3.33. The lowest BCUT2D eigenvalue weighted by atomic mass is 10.0. The van der Waals surface area contributed by atoms with Crippen LogP contribution in [0, 0.1) is 0 Å². The zero-order chi connectivity index (χ0) is 18.0. The number of hydrogen-bond acceptors (Lipinski definition) is 3. The van der Waals surface area contributed by atoms with Crippen LogP contribution in [0.15, 0.2) is 24.2 Å². The van der Waals surface area contributed by atoms with E-state index in [0.717, 1.165) is 12.8 Å². The molecule has 0 aliphatic rings. The molecule has 0 aliphatic carbocycles. The molecule has 0 amide bonds. The largest absolute Gasteiger partial charge is 0.480 e. The number of aliphatic hydroxyl groups excluding tert-OH is 1. The summed E-state index contributed by atoms with van der Waals surface area (Å²) >= 11 is 0. The van der Waals surface area contributed by atoms with Gasteiger partial charge in [0, 0.05) is 12.0 Å². The molecule has 0 aromatic rings. The summed E-state index contributed by atoms with van der Waals surface area (Å²) in [5.41, 5.74) is 0.480. The SMILES string of the molecule is C=C/C(C)=C(/O)OC(=O)CCCCCCCCCCCCCCC. The van der Waals surface area contributed by atoms with Crippen molar-refractivity contribution in [1.29, 1.82) is 0 Å². The molecule has 0 spiro atoms. The van der Waals surface area contributed by atoms with Gasteiger partial charge in [-0.1, -0.05) is 96.6 Å². The first-order valence-corrected chi connectivity index (χ1v) is 9.84. The first kappa shape index (κ1) is 22.8. The van der Waals surface area contributed by atoms with Crippen molar-refractivity contribution in [3.63, 3.8) is 0 Å². The van der Waals surface area contributed by atoms with Gasteiger partial charge in [0.1, 0.15) is 0 Å². The van der Waals surface area contributed by atoms with Crippen LogP contribution in [0.25, 0.3) is 0 Å². The van der Waals surface area contributed by atoms with Gasteiger partial charge in [0.05, 0.1) is 0 Å². The van der Waals surface area contributed by atoms with Crippen LogP contribution in [0.4, 0.5) is 0 Å². The Morgan fingerprint density at radius 3 is 1.71 bits per heavy atom. The van der Waals surface area contributed by atoms with Crippen LogP contribution in [0.2, 0.25) is 0 Å². The lowest BCUT2D eigenvalue weighted by Crippen LogP contribution is -2.05. The Morgan fingerprint density at radius 1 is 0.875 bits per heavy atom. The van der Waals surface area contributed by atoms with Gasteiger partial charge in [-0.15, -0.1) is 0 Å². The average molecular weight is 339 g/mol. The second kappa shape index (κ2) is 16.6. The molecule has 0 saturated heterocycles. The third kappa shape index (κ3) is 14.3. The number of rotatable bonds is 16. The van der Waals surface area contributed by atoms with Crippen LogP contribution in [-0.4, -0.2) is 11.1 Å². The second-order valence-electron chi connectivity index (χ2n) is 6.66. The van der Waals surface area contributed by atoms with Gasteiger partial charge in [0.2, 0.25) is 0 Å². The second-order valence-corrected chi connectivity index (χ2v) is 6.66. The van der Waals surface area contributed by atoms with Crippen molar-refractivity contribution >= 4 is 5.97 Å². The molecule has 0 radical (unpaired) electrons. The van der Waals surface area contributed by atoms with Crippen LogP contribution in [0.3, 0.4) is 0 Å². The molecular formula is C21H38O3. The van der Waals surface area contributed by atoms with E-state index in [9.17, 15) is 9.90 Å². The topological polar surface area (TPSA) is 46.5 Å². The molecule has 0 unspecified atom stereocenters. The Bertz CT molecular complexity index is 358. The highest BCUT2D eigenvalue weighted by Gasteiger charge is 2.07. The highest BCUT2D eigenvalue weighted by molar-refractivity contribution is 5.70. The fraction of sp³-hybridized carbons (Fsp3) is 0.762. The quantitative estimate of drug-likeness (QED) is 0.143. The lowest BCUT2D eigenvalue weighted by molar-refractivity contribution is -0.143. The Morgan fingerprint density at radius 2 is 1.29 bits per heavy atom. The van der Waals surface area contributed by atoms with Crippen LogP contribution >= 0.6 is 0 Å². The molecule has 0 aromatic carbocycles.